The van der Waals surface area contributed by atoms with Crippen LogP contribution >= 0.6 is 12.4 Å². The summed E-state index contributed by atoms with van der Waals surface area (Å²) in [5.74, 6) is 0.963. The number of nitrogens with two attached hydrogens (primary N) is 1. The molecular formula is C16H19ClN2O. The lowest BCUT2D eigenvalue weighted by atomic mass is 10.1. The first kappa shape index (κ1) is 14.5. The number of hydrogen-bond donors (Lipinski definition) is 1. The molecule has 2 aromatic rings. The van der Waals surface area contributed by atoms with Gasteiger partial charge in [0.15, 0.2) is 0 Å². The van der Waals surface area contributed by atoms with Crippen molar-refractivity contribution in [1.29, 1.82) is 0 Å². The number of nitrogen functional groups attached to an aromatic ring is 1. The van der Waals surface area contributed by atoms with E-state index in [1.165, 1.54) is 5.56 Å². The van der Waals surface area contributed by atoms with Gasteiger partial charge in [0.1, 0.15) is 12.4 Å². The van der Waals surface area contributed by atoms with Crippen molar-refractivity contribution in [3.05, 3.63) is 54.1 Å². The number of benzene rings is 2. The number of fused-ring (bicyclic) bond motifs is 1. The van der Waals surface area contributed by atoms with Gasteiger partial charge in [-0.1, -0.05) is 24.3 Å². The smallest absolute Gasteiger partial charge is 0.142 e. The van der Waals surface area contributed by atoms with E-state index in [-0.39, 0.29) is 12.4 Å². The zero-order valence-electron chi connectivity index (χ0n) is 11.5. The van der Waals surface area contributed by atoms with E-state index < -0.39 is 0 Å². The molecule has 1 aliphatic heterocycles. The van der Waals surface area contributed by atoms with Crippen LogP contribution < -0.4 is 15.4 Å². The summed E-state index contributed by atoms with van der Waals surface area (Å²) in [4.78, 5) is 2.37. The SMILES string of the molecule is CC1COc2ccccc2N1Cc1cccc(N)c1.Cl. The minimum atomic E-state index is 0. The van der Waals surface area contributed by atoms with Crippen molar-refractivity contribution in [3.63, 3.8) is 0 Å². The number of rotatable bonds is 2. The zero-order chi connectivity index (χ0) is 13.2. The summed E-state index contributed by atoms with van der Waals surface area (Å²) in [5, 5.41) is 0. The first-order valence-corrected chi connectivity index (χ1v) is 6.57. The first-order chi connectivity index (χ1) is 9.24. The molecule has 0 saturated carbocycles. The Hall–Kier alpha value is -1.87. The topological polar surface area (TPSA) is 38.5 Å². The molecule has 20 heavy (non-hydrogen) atoms. The quantitative estimate of drug-likeness (QED) is 0.861. The van der Waals surface area contributed by atoms with Crippen molar-refractivity contribution < 1.29 is 4.74 Å². The fourth-order valence-electron chi connectivity index (χ4n) is 2.48. The van der Waals surface area contributed by atoms with Crippen LogP contribution in [0.5, 0.6) is 5.75 Å². The maximum absolute atomic E-state index is 5.85. The van der Waals surface area contributed by atoms with Gasteiger partial charge in [0.05, 0.1) is 11.7 Å². The summed E-state index contributed by atoms with van der Waals surface area (Å²) in [5.41, 5.74) is 9.04. The Morgan fingerprint density at radius 2 is 2.00 bits per heavy atom. The summed E-state index contributed by atoms with van der Waals surface area (Å²) in [7, 11) is 0. The highest BCUT2D eigenvalue weighted by Gasteiger charge is 2.23. The highest BCUT2D eigenvalue weighted by molar-refractivity contribution is 5.85. The van der Waals surface area contributed by atoms with Crippen LogP contribution in [0.4, 0.5) is 11.4 Å². The van der Waals surface area contributed by atoms with Crippen LogP contribution in [0.1, 0.15) is 12.5 Å². The van der Waals surface area contributed by atoms with Crippen LogP contribution in [0.3, 0.4) is 0 Å². The molecule has 0 amide bonds. The third kappa shape index (κ3) is 2.83. The molecule has 0 aliphatic carbocycles. The standard InChI is InChI=1S/C16H18N2O.ClH/c1-12-11-19-16-8-3-2-7-15(16)18(12)10-13-5-4-6-14(17)9-13;/h2-9,12H,10-11,17H2,1H3;1H. The number of halogens is 1. The van der Waals surface area contributed by atoms with E-state index in [4.69, 9.17) is 10.5 Å². The van der Waals surface area contributed by atoms with Crippen molar-refractivity contribution in [1.82, 2.24) is 0 Å². The van der Waals surface area contributed by atoms with E-state index in [0.29, 0.717) is 6.04 Å². The van der Waals surface area contributed by atoms with Crippen molar-refractivity contribution in [2.45, 2.75) is 19.5 Å². The number of hydrogen-bond acceptors (Lipinski definition) is 3. The molecule has 0 radical (unpaired) electrons. The largest absolute Gasteiger partial charge is 0.489 e. The first-order valence-electron chi connectivity index (χ1n) is 6.57. The van der Waals surface area contributed by atoms with Crippen LogP contribution in [-0.2, 0) is 6.54 Å². The molecule has 2 aromatic carbocycles. The molecule has 1 unspecified atom stereocenters. The fraction of sp³-hybridized carbons (Fsp3) is 0.250. The molecule has 0 saturated heterocycles. The summed E-state index contributed by atoms with van der Waals surface area (Å²) < 4.78 is 5.76. The predicted molar refractivity (Wildman–Crippen MR) is 85.7 cm³/mol. The molecular weight excluding hydrogens is 272 g/mol. The van der Waals surface area contributed by atoms with E-state index >= 15 is 0 Å². The maximum atomic E-state index is 5.85. The Kier molecular flexibility index (Phi) is 4.40. The lowest BCUT2D eigenvalue weighted by Crippen LogP contribution is -2.40. The zero-order valence-corrected chi connectivity index (χ0v) is 12.3. The van der Waals surface area contributed by atoms with Crippen LogP contribution in [0.15, 0.2) is 48.5 Å². The molecule has 1 aliphatic rings. The lowest BCUT2D eigenvalue weighted by molar-refractivity contribution is 0.269. The summed E-state index contributed by atoms with van der Waals surface area (Å²) in [6.45, 7) is 3.76. The van der Waals surface area contributed by atoms with Gasteiger partial charge in [0.25, 0.3) is 0 Å². The number of anilines is 2. The molecule has 1 heterocycles. The maximum Gasteiger partial charge on any atom is 0.142 e. The van der Waals surface area contributed by atoms with Gasteiger partial charge in [-0.25, -0.2) is 0 Å². The molecule has 4 heteroatoms. The van der Waals surface area contributed by atoms with Crippen LogP contribution in [0.2, 0.25) is 0 Å². The number of nitrogens with zero attached hydrogens (tertiary/aromatic N) is 1. The number of para-hydroxylation sites is 2. The van der Waals surface area contributed by atoms with E-state index in [2.05, 4.69) is 24.0 Å². The minimum Gasteiger partial charge on any atom is -0.489 e. The minimum absolute atomic E-state index is 0. The predicted octanol–water partition coefficient (Wildman–Crippen LogP) is 3.48. The second kappa shape index (κ2) is 6.06. The molecule has 3 rings (SSSR count). The Morgan fingerprint density at radius 1 is 1.20 bits per heavy atom. The van der Waals surface area contributed by atoms with Crippen LogP contribution in [0, 0.1) is 0 Å². The second-order valence-electron chi connectivity index (χ2n) is 5.00. The fourth-order valence-corrected chi connectivity index (χ4v) is 2.48. The van der Waals surface area contributed by atoms with Crippen LogP contribution in [-0.4, -0.2) is 12.6 Å². The van der Waals surface area contributed by atoms with E-state index in [0.717, 1.165) is 30.3 Å². The van der Waals surface area contributed by atoms with Crippen molar-refractivity contribution >= 4 is 23.8 Å². The summed E-state index contributed by atoms with van der Waals surface area (Å²) in [6, 6.07) is 16.6. The average Bonchev–Trinajstić information content (AvgIpc) is 2.42. The Labute approximate surface area is 125 Å². The molecule has 0 bridgehead atoms. The molecule has 0 aromatic heterocycles. The third-order valence-electron chi connectivity index (χ3n) is 3.49. The average molecular weight is 291 g/mol. The molecule has 0 fully saturated rings. The molecule has 1 atom stereocenters. The number of ether oxygens (including phenoxy) is 1. The Balaban J connectivity index is 0.00000147. The molecule has 2 N–H and O–H groups in total. The van der Waals surface area contributed by atoms with Gasteiger partial charge in [-0.2, -0.15) is 0 Å². The van der Waals surface area contributed by atoms with Gasteiger partial charge in [0, 0.05) is 12.2 Å². The summed E-state index contributed by atoms with van der Waals surface area (Å²) in [6.07, 6.45) is 0. The van der Waals surface area contributed by atoms with Gasteiger partial charge in [-0.3, -0.25) is 0 Å². The van der Waals surface area contributed by atoms with Crippen molar-refractivity contribution in [3.8, 4) is 5.75 Å². The van der Waals surface area contributed by atoms with Crippen molar-refractivity contribution in [2.24, 2.45) is 0 Å². The highest BCUT2D eigenvalue weighted by atomic mass is 35.5. The van der Waals surface area contributed by atoms with E-state index in [9.17, 15) is 0 Å². The van der Waals surface area contributed by atoms with Gasteiger partial charge < -0.3 is 15.4 Å². The van der Waals surface area contributed by atoms with Gasteiger partial charge in [0.2, 0.25) is 0 Å². The lowest BCUT2D eigenvalue weighted by Gasteiger charge is -2.36. The second-order valence-corrected chi connectivity index (χ2v) is 5.00. The third-order valence-corrected chi connectivity index (χ3v) is 3.49. The molecule has 3 nitrogen and oxygen atoms in total. The summed E-state index contributed by atoms with van der Waals surface area (Å²) >= 11 is 0. The molecule has 0 spiro atoms. The molecule has 106 valence electrons. The van der Waals surface area contributed by atoms with E-state index in [1.54, 1.807) is 0 Å². The van der Waals surface area contributed by atoms with E-state index in [1.807, 2.05) is 36.4 Å². The van der Waals surface area contributed by atoms with Crippen LogP contribution in [0.25, 0.3) is 0 Å². The van der Waals surface area contributed by atoms with Crippen molar-refractivity contribution in [2.75, 3.05) is 17.2 Å². The normalized spacial score (nSPS) is 16.9. The van der Waals surface area contributed by atoms with Gasteiger partial charge >= 0.3 is 0 Å². The Bertz CT molecular complexity index is 588. The monoisotopic (exact) mass is 290 g/mol. The highest BCUT2D eigenvalue weighted by Crippen LogP contribution is 2.34. The van der Waals surface area contributed by atoms with Gasteiger partial charge in [-0.05, 0) is 36.8 Å². The Morgan fingerprint density at radius 3 is 2.80 bits per heavy atom. The van der Waals surface area contributed by atoms with Gasteiger partial charge in [-0.15, -0.1) is 12.4 Å².